The minimum absolute atomic E-state index is 0.0969. The van der Waals surface area contributed by atoms with E-state index in [9.17, 15) is 9.59 Å². The van der Waals surface area contributed by atoms with Gasteiger partial charge in [0, 0.05) is 29.4 Å². The van der Waals surface area contributed by atoms with Crippen LogP contribution in [0.25, 0.3) is 17.0 Å². The number of fused-ring (bicyclic) bond motifs is 1. The molecule has 2 aromatic heterocycles. The fourth-order valence-electron chi connectivity index (χ4n) is 2.89. The molecule has 1 fully saturated rings. The summed E-state index contributed by atoms with van der Waals surface area (Å²) in [5, 5.41) is 2.62. The number of rotatable bonds is 1. The second-order valence-electron chi connectivity index (χ2n) is 7.68. The van der Waals surface area contributed by atoms with Crippen molar-refractivity contribution in [1.82, 2.24) is 10.3 Å². The highest BCUT2D eigenvalue weighted by Gasteiger charge is 2.25. The molecule has 3 aromatic rings. The van der Waals surface area contributed by atoms with Gasteiger partial charge in [-0.3, -0.25) is 19.9 Å². The van der Waals surface area contributed by atoms with E-state index in [1.807, 2.05) is 12.1 Å². The van der Waals surface area contributed by atoms with Crippen LogP contribution in [0.1, 0.15) is 43.2 Å². The van der Waals surface area contributed by atoms with Crippen molar-refractivity contribution in [3.63, 3.8) is 0 Å². The lowest BCUT2D eigenvalue weighted by Gasteiger charge is -2.18. The molecule has 1 N–H and O–H groups in total. The predicted octanol–water partition coefficient (Wildman–Crippen LogP) is 4.85. The molecule has 144 valence electrons. The average Bonchev–Trinajstić information content (AvgIpc) is 3.22. The Morgan fingerprint density at radius 3 is 2.52 bits per heavy atom. The number of nitrogens with zero attached hydrogens (tertiary/aromatic N) is 1. The first-order chi connectivity index (χ1) is 13.8. The van der Waals surface area contributed by atoms with Crippen molar-refractivity contribution in [3.8, 4) is 11.8 Å². The van der Waals surface area contributed by atoms with Gasteiger partial charge >= 0.3 is 0 Å². The van der Waals surface area contributed by atoms with Crippen LogP contribution in [0.4, 0.5) is 4.79 Å². The maximum Gasteiger partial charge on any atom is 0.290 e. The van der Waals surface area contributed by atoms with Gasteiger partial charge in [-0.05, 0) is 40.9 Å². The van der Waals surface area contributed by atoms with Gasteiger partial charge in [0.25, 0.3) is 11.1 Å². The first kappa shape index (κ1) is 19.0. The van der Waals surface area contributed by atoms with Crippen LogP contribution in [0.3, 0.4) is 0 Å². The summed E-state index contributed by atoms with van der Waals surface area (Å²) >= 11 is 0.851. The van der Waals surface area contributed by atoms with E-state index in [-0.39, 0.29) is 10.7 Å². The highest BCUT2D eigenvalue weighted by atomic mass is 32.2. The lowest BCUT2D eigenvalue weighted by atomic mass is 9.87. The predicted molar refractivity (Wildman–Crippen MR) is 114 cm³/mol. The molecule has 0 radical (unpaired) electrons. The van der Waals surface area contributed by atoms with Crippen LogP contribution in [0.2, 0.25) is 0 Å². The number of nitrogens with one attached hydrogen (secondary N) is 1. The lowest BCUT2D eigenvalue weighted by molar-refractivity contribution is -0.115. The normalized spacial score (nSPS) is 15.5. The summed E-state index contributed by atoms with van der Waals surface area (Å²) in [4.78, 5) is 27.5. The van der Waals surface area contributed by atoms with Crippen molar-refractivity contribution in [2.75, 3.05) is 0 Å². The van der Waals surface area contributed by atoms with Crippen molar-refractivity contribution in [2.24, 2.45) is 0 Å². The van der Waals surface area contributed by atoms with Gasteiger partial charge in [0.1, 0.15) is 5.76 Å². The zero-order valence-electron chi connectivity index (χ0n) is 16.2. The van der Waals surface area contributed by atoms with Crippen molar-refractivity contribution in [3.05, 3.63) is 70.1 Å². The number of carbonyl (C=O) groups is 2. The molecule has 2 amide bonds. The summed E-state index contributed by atoms with van der Waals surface area (Å²) in [5.74, 6) is 6.32. The number of pyridine rings is 1. The maximum atomic E-state index is 11.7. The number of thioether (sulfide) groups is 1. The molecular formula is C23H18N2O3S. The van der Waals surface area contributed by atoms with Crippen molar-refractivity contribution < 1.29 is 14.0 Å². The first-order valence-electron chi connectivity index (χ1n) is 9.04. The van der Waals surface area contributed by atoms with Crippen LogP contribution >= 0.6 is 11.8 Å². The Morgan fingerprint density at radius 1 is 1.10 bits per heavy atom. The average molecular weight is 402 g/mol. The fourth-order valence-corrected chi connectivity index (χ4v) is 3.55. The van der Waals surface area contributed by atoms with E-state index < -0.39 is 5.91 Å². The van der Waals surface area contributed by atoms with E-state index in [0.29, 0.717) is 21.8 Å². The minimum Gasteiger partial charge on any atom is -0.455 e. The summed E-state index contributed by atoms with van der Waals surface area (Å²) in [6, 6.07) is 9.96. The first-order valence-corrected chi connectivity index (χ1v) is 9.86. The standard InChI is InChI=1S/C23H18N2O3S/c1-23(2,3)17-8-5-14(6-9-17)4-7-15-12-24-13-16-10-18(28-20(15)16)11-19-21(26)25-22(27)29-19/h5-6,8-13H,1-3H3,(H,25,26,27)/b19-11+. The molecule has 0 unspecified atom stereocenters. The van der Waals surface area contributed by atoms with Gasteiger partial charge in [-0.1, -0.05) is 44.7 Å². The number of furan rings is 1. The molecule has 1 aliphatic heterocycles. The van der Waals surface area contributed by atoms with Crippen molar-refractivity contribution in [2.45, 2.75) is 26.2 Å². The molecule has 5 nitrogen and oxygen atoms in total. The Morgan fingerprint density at radius 2 is 1.86 bits per heavy atom. The third-order valence-electron chi connectivity index (χ3n) is 4.45. The molecule has 1 aliphatic rings. The molecule has 4 rings (SSSR count). The van der Waals surface area contributed by atoms with Crippen LogP contribution in [0.15, 0.2) is 52.0 Å². The van der Waals surface area contributed by atoms with Crippen molar-refractivity contribution in [1.29, 1.82) is 0 Å². The summed E-state index contributed by atoms with van der Waals surface area (Å²) < 4.78 is 5.87. The number of imide groups is 1. The zero-order valence-corrected chi connectivity index (χ0v) is 17.0. The van der Waals surface area contributed by atoms with Crippen LogP contribution in [-0.2, 0) is 10.2 Å². The Hall–Kier alpha value is -3.30. The number of hydrogen-bond acceptors (Lipinski definition) is 5. The third kappa shape index (κ3) is 4.10. The molecule has 1 saturated heterocycles. The molecule has 1 aromatic carbocycles. The maximum absolute atomic E-state index is 11.7. The number of hydrogen-bond donors (Lipinski definition) is 1. The number of amides is 2. The second kappa shape index (κ2) is 7.26. The van der Waals surface area contributed by atoms with Gasteiger partial charge in [-0.25, -0.2) is 0 Å². The van der Waals surface area contributed by atoms with Gasteiger partial charge in [0.2, 0.25) is 0 Å². The van der Waals surface area contributed by atoms with E-state index in [2.05, 4.69) is 55.0 Å². The van der Waals surface area contributed by atoms with Crippen LogP contribution < -0.4 is 5.32 Å². The molecule has 29 heavy (non-hydrogen) atoms. The topological polar surface area (TPSA) is 72.2 Å². The highest BCUT2D eigenvalue weighted by Crippen LogP contribution is 2.29. The zero-order chi connectivity index (χ0) is 20.6. The molecule has 0 atom stereocenters. The minimum atomic E-state index is -0.419. The van der Waals surface area contributed by atoms with Crippen molar-refractivity contribution >= 4 is 40.0 Å². The molecular weight excluding hydrogens is 384 g/mol. The van der Waals surface area contributed by atoms with Crippen LogP contribution in [-0.4, -0.2) is 16.1 Å². The molecule has 0 bridgehead atoms. The number of benzene rings is 1. The number of carbonyl (C=O) groups excluding carboxylic acids is 2. The number of aromatic nitrogens is 1. The summed E-state index contributed by atoms with van der Waals surface area (Å²) in [6.07, 6.45) is 4.88. The lowest BCUT2D eigenvalue weighted by Crippen LogP contribution is -2.17. The van der Waals surface area contributed by atoms with Gasteiger partial charge < -0.3 is 4.42 Å². The Kier molecular flexibility index (Phi) is 4.77. The Labute approximate surface area is 172 Å². The van der Waals surface area contributed by atoms with E-state index in [0.717, 1.165) is 22.7 Å². The highest BCUT2D eigenvalue weighted by molar-refractivity contribution is 8.18. The molecule has 3 heterocycles. The Balaban J connectivity index is 1.65. The van der Waals surface area contributed by atoms with Crippen LogP contribution in [0.5, 0.6) is 0 Å². The summed E-state index contributed by atoms with van der Waals surface area (Å²) in [6.45, 7) is 6.52. The third-order valence-corrected chi connectivity index (χ3v) is 5.26. The quantitative estimate of drug-likeness (QED) is 0.465. The molecule has 0 saturated carbocycles. The van der Waals surface area contributed by atoms with Crippen LogP contribution in [0, 0.1) is 11.8 Å². The van der Waals surface area contributed by atoms with E-state index in [4.69, 9.17) is 4.42 Å². The SMILES string of the molecule is CC(C)(C)c1ccc(C#Cc2cncc3cc(/C=C4/SC(=O)NC4=O)oc23)cc1. The van der Waals surface area contributed by atoms with Gasteiger partial charge in [0.15, 0.2) is 5.58 Å². The Bertz CT molecular complexity index is 1220. The van der Waals surface area contributed by atoms with Gasteiger partial charge in [-0.2, -0.15) is 0 Å². The second-order valence-corrected chi connectivity index (χ2v) is 8.70. The molecule has 0 aliphatic carbocycles. The summed E-state index contributed by atoms with van der Waals surface area (Å²) in [5.41, 5.74) is 3.51. The van der Waals surface area contributed by atoms with E-state index in [1.54, 1.807) is 24.5 Å². The fraction of sp³-hybridized carbons (Fsp3) is 0.174. The van der Waals surface area contributed by atoms with Gasteiger partial charge in [-0.15, -0.1) is 0 Å². The van der Waals surface area contributed by atoms with Gasteiger partial charge in [0.05, 0.1) is 10.5 Å². The molecule has 6 heteroatoms. The largest absolute Gasteiger partial charge is 0.455 e. The van der Waals surface area contributed by atoms with E-state index >= 15 is 0 Å². The smallest absolute Gasteiger partial charge is 0.290 e. The summed E-state index contributed by atoms with van der Waals surface area (Å²) in [7, 11) is 0. The monoisotopic (exact) mass is 402 g/mol. The van der Waals surface area contributed by atoms with E-state index in [1.165, 1.54) is 5.56 Å². The molecule has 0 spiro atoms.